The third-order valence-electron chi connectivity index (χ3n) is 3.80. The summed E-state index contributed by atoms with van der Waals surface area (Å²) in [7, 11) is 1.69. The summed E-state index contributed by atoms with van der Waals surface area (Å²) < 4.78 is 6.35. The number of aryl methyl sites for hydroxylation is 1. The maximum Gasteiger partial charge on any atom is 0.119 e. The normalized spacial score (nSPS) is 20.9. The lowest BCUT2D eigenvalue weighted by Crippen LogP contribution is -2.29. The third-order valence-corrected chi connectivity index (χ3v) is 6.08. The van der Waals surface area contributed by atoms with E-state index in [1.54, 1.807) is 18.9 Å². The Hall–Kier alpha value is -1.04. The van der Waals surface area contributed by atoms with Gasteiger partial charge in [0.25, 0.3) is 0 Å². The Balaban J connectivity index is 1.85. The zero-order valence-corrected chi connectivity index (χ0v) is 14.2. The van der Waals surface area contributed by atoms with E-state index in [2.05, 4.69) is 33.0 Å². The number of nitrogens with two attached hydrogens (primary N) is 1. The molecule has 1 aliphatic carbocycles. The predicted octanol–water partition coefficient (Wildman–Crippen LogP) is 3.96. The number of halogens is 1. The molecule has 1 aromatic carbocycles. The lowest BCUT2D eigenvalue weighted by atomic mass is 9.87. The fraction of sp³-hybridized carbons (Fsp3) is 0.312. The van der Waals surface area contributed by atoms with Crippen LogP contribution in [0.25, 0.3) is 0 Å². The van der Waals surface area contributed by atoms with Gasteiger partial charge in [-0.1, -0.05) is 17.8 Å². The molecule has 0 fully saturated rings. The Morgan fingerprint density at radius 3 is 3.00 bits per heavy atom. The predicted molar refractivity (Wildman–Crippen MR) is 89.8 cm³/mol. The van der Waals surface area contributed by atoms with Crippen LogP contribution in [0.4, 0.5) is 0 Å². The molecule has 0 spiro atoms. The average molecular weight is 365 g/mol. The number of ether oxygens (including phenoxy) is 1. The first-order valence-electron chi connectivity index (χ1n) is 6.88. The van der Waals surface area contributed by atoms with Crippen LogP contribution in [0.3, 0.4) is 0 Å². The number of benzene rings is 1. The fourth-order valence-electron chi connectivity index (χ4n) is 2.65. The quantitative estimate of drug-likeness (QED) is 0.895. The second-order valence-electron chi connectivity index (χ2n) is 5.08. The van der Waals surface area contributed by atoms with Crippen LogP contribution in [-0.2, 0) is 6.42 Å². The molecule has 5 heteroatoms. The van der Waals surface area contributed by atoms with Crippen LogP contribution in [0.15, 0.2) is 46.0 Å². The summed E-state index contributed by atoms with van der Waals surface area (Å²) in [4.78, 5) is 4.43. The van der Waals surface area contributed by atoms with E-state index < -0.39 is 0 Å². The van der Waals surface area contributed by atoms with Gasteiger partial charge in [-0.05, 0) is 64.2 Å². The molecule has 0 saturated carbocycles. The van der Waals surface area contributed by atoms with Gasteiger partial charge in [0.2, 0.25) is 0 Å². The summed E-state index contributed by atoms with van der Waals surface area (Å²) in [5.74, 6) is 0.869. The highest BCUT2D eigenvalue weighted by Crippen LogP contribution is 2.41. The molecule has 0 bridgehead atoms. The van der Waals surface area contributed by atoms with Gasteiger partial charge in [0.1, 0.15) is 10.8 Å². The van der Waals surface area contributed by atoms with E-state index >= 15 is 0 Å². The van der Waals surface area contributed by atoms with E-state index in [0.29, 0.717) is 5.25 Å². The molecule has 1 aromatic heterocycles. The SMILES string of the molecule is COc1ccc2c(c1)C(N)C(Sc1ncccc1Br)CC2. The van der Waals surface area contributed by atoms with Gasteiger partial charge in [0.15, 0.2) is 0 Å². The number of pyridine rings is 1. The second-order valence-corrected chi connectivity index (χ2v) is 7.16. The zero-order valence-electron chi connectivity index (χ0n) is 11.8. The van der Waals surface area contributed by atoms with Crippen molar-refractivity contribution in [3.8, 4) is 5.75 Å². The number of methoxy groups -OCH3 is 1. The molecule has 3 nitrogen and oxygen atoms in total. The Labute approximate surface area is 137 Å². The van der Waals surface area contributed by atoms with Crippen LogP contribution in [0.5, 0.6) is 5.75 Å². The summed E-state index contributed by atoms with van der Waals surface area (Å²) in [5, 5.41) is 1.33. The van der Waals surface area contributed by atoms with E-state index in [1.807, 2.05) is 24.4 Å². The van der Waals surface area contributed by atoms with E-state index in [4.69, 9.17) is 10.5 Å². The van der Waals surface area contributed by atoms with Gasteiger partial charge in [0.05, 0.1) is 7.11 Å². The van der Waals surface area contributed by atoms with Crippen LogP contribution in [0.2, 0.25) is 0 Å². The highest BCUT2D eigenvalue weighted by Gasteiger charge is 2.28. The van der Waals surface area contributed by atoms with Crippen LogP contribution in [0, 0.1) is 0 Å². The molecule has 0 aliphatic heterocycles. The van der Waals surface area contributed by atoms with Crippen molar-refractivity contribution < 1.29 is 4.74 Å². The monoisotopic (exact) mass is 364 g/mol. The van der Waals surface area contributed by atoms with Crippen LogP contribution in [-0.4, -0.2) is 17.3 Å². The fourth-order valence-corrected chi connectivity index (χ4v) is 4.30. The minimum absolute atomic E-state index is 0.00255. The van der Waals surface area contributed by atoms with Gasteiger partial charge in [-0.25, -0.2) is 4.98 Å². The number of hydrogen-bond donors (Lipinski definition) is 1. The topological polar surface area (TPSA) is 48.1 Å². The van der Waals surface area contributed by atoms with E-state index in [0.717, 1.165) is 28.1 Å². The minimum atomic E-state index is 0.00255. The first-order valence-corrected chi connectivity index (χ1v) is 8.56. The van der Waals surface area contributed by atoms with Crippen molar-refractivity contribution in [2.45, 2.75) is 29.2 Å². The van der Waals surface area contributed by atoms with Gasteiger partial charge in [-0.15, -0.1) is 0 Å². The molecule has 2 atom stereocenters. The maximum atomic E-state index is 6.49. The van der Waals surface area contributed by atoms with Crippen molar-refractivity contribution >= 4 is 27.7 Å². The molecule has 1 aliphatic rings. The molecule has 3 rings (SSSR count). The first kappa shape index (κ1) is 14.9. The summed E-state index contributed by atoms with van der Waals surface area (Å²) in [6.45, 7) is 0. The molecular weight excluding hydrogens is 348 g/mol. The molecule has 2 aromatic rings. The molecule has 0 saturated heterocycles. The lowest BCUT2D eigenvalue weighted by molar-refractivity contribution is 0.412. The van der Waals surface area contributed by atoms with E-state index in [-0.39, 0.29) is 6.04 Å². The molecule has 21 heavy (non-hydrogen) atoms. The van der Waals surface area contributed by atoms with Crippen LogP contribution >= 0.6 is 27.7 Å². The molecule has 0 amide bonds. The van der Waals surface area contributed by atoms with Crippen molar-refractivity contribution in [1.29, 1.82) is 0 Å². The summed E-state index contributed by atoms with van der Waals surface area (Å²) in [5.41, 5.74) is 9.03. The average Bonchev–Trinajstić information content (AvgIpc) is 2.52. The van der Waals surface area contributed by atoms with Crippen molar-refractivity contribution in [3.05, 3.63) is 52.1 Å². The number of rotatable bonds is 3. The van der Waals surface area contributed by atoms with Crippen molar-refractivity contribution in [1.82, 2.24) is 4.98 Å². The Kier molecular flexibility index (Phi) is 4.52. The zero-order chi connectivity index (χ0) is 14.8. The summed E-state index contributed by atoms with van der Waals surface area (Å²) >= 11 is 5.31. The summed E-state index contributed by atoms with van der Waals surface area (Å²) in [6, 6.07) is 10.2. The highest BCUT2D eigenvalue weighted by atomic mass is 79.9. The number of aromatic nitrogens is 1. The lowest BCUT2D eigenvalue weighted by Gasteiger charge is -2.30. The molecule has 2 N–H and O–H groups in total. The smallest absolute Gasteiger partial charge is 0.119 e. The Morgan fingerprint density at radius 2 is 2.24 bits per heavy atom. The van der Waals surface area contributed by atoms with Crippen molar-refractivity contribution in [2.24, 2.45) is 5.73 Å². The Bertz CT molecular complexity index is 650. The minimum Gasteiger partial charge on any atom is -0.497 e. The number of fused-ring (bicyclic) bond motifs is 1. The van der Waals surface area contributed by atoms with Gasteiger partial charge in [0, 0.05) is 22.0 Å². The summed E-state index contributed by atoms with van der Waals surface area (Å²) in [6.07, 6.45) is 3.93. The van der Waals surface area contributed by atoms with E-state index in [9.17, 15) is 0 Å². The van der Waals surface area contributed by atoms with Gasteiger partial charge >= 0.3 is 0 Å². The number of nitrogens with zero attached hydrogens (tertiary/aromatic N) is 1. The standard InChI is InChI=1S/C16H17BrN2OS/c1-20-11-6-4-10-5-7-14(15(18)12(10)9-11)21-16-13(17)3-2-8-19-16/h2-4,6,8-9,14-15H,5,7,18H2,1H3. The highest BCUT2D eigenvalue weighted by molar-refractivity contribution is 9.10. The molecular formula is C16H17BrN2OS. The van der Waals surface area contributed by atoms with Crippen LogP contribution in [0.1, 0.15) is 23.6 Å². The molecule has 110 valence electrons. The number of hydrogen-bond acceptors (Lipinski definition) is 4. The first-order chi connectivity index (χ1) is 10.2. The largest absolute Gasteiger partial charge is 0.497 e. The van der Waals surface area contributed by atoms with Gasteiger partial charge < -0.3 is 10.5 Å². The van der Waals surface area contributed by atoms with E-state index in [1.165, 1.54) is 11.1 Å². The van der Waals surface area contributed by atoms with Crippen molar-refractivity contribution in [2.75, 3.05) is 7.11 Å². The molecule has 0 radical (unpaired) electrons. The Morgan fingerprint density at radius 1 is 1.38 bits per heavy atom. The maximum absolute atomic E-state index is 6.49. The molecule has 2 unspecified atom stereocenters. The van der Waals surface area contributed by atoms with Gasteiger partial charge in [-0.3, -0.25) is 0 Å². The second kappa shape index (κ2) is 6.38. The molecule has 1 heterocycles. The van der Waals surface area contributed by atoms with Gasteiger partial charge in [-0.2, -0.15) is 0 Å². The van der Waals surface area contributed by atoms with Crippen LogP contribution < -0.4 is 10.5 Å². The number of thioether (sulfide) groups is 1. The van der Waals surface area contributed by atoms with Crippen molar-refractivity contribution in [3.63, 3.8) is 0 Å². The third kappa shape index (κ3) is 3.10.